The molecule has 21 heavy (non-hydrogen) atoms. The van der Waals surface area contributed by atoms with Crippen molar-refractivity contribution in [3.8, 4) is 0 Å². The van der Waals surface area contributed by atoms with E-state index < -0.39 is 0 Å². The summed E-state index contributed by atoms with van der Waals surface area (Å²) in [6.07, 6.45) is 2.56. The molecule has 0 aliphatic carbocycles. The monoisotopic (exact) mass is 354 g/mol. The first-order chi connectivity index (χ1) is 10.1. The van der Waals surface area contributed by atoms with Crippen LogP contribution < -0.4 is 10.6 Å². The van der Waals surface area contributed by atoms with E-state index >= 15 is 0 Å². The average molecular weight is 355 g/mol. The van der Waals surface area contributed by atoms with Gasteiger partial charge in [0.25, 0.3) is 0 Å². The summed E-state index contributed by atoms with van der Waals surface area (Å²) in [7, 11) is 2.11. The molecule has 5 nitrogen and oxygen atoms in total. The van der Waals surface area contributed by atoms with Crippen molar-refractivity contribution >= 4 is 27.5 Å². The molecule has 1 aromatic rings. The maximum atomic E-state index is 8.76. The summed E-state index contributed by atoms with van der Waals surface area (Å²) in [5, 5.41) is 11.8. The molecular weight excluding hydrogens is 332 g/mol. The standard InChI is InChI=1S/C15H23BrN4O/c1-3-20-8-4-5-12(20)10-19(2)11-6-7-13(14(16)9-11)15(17)18-21/h6-7,9,12,21H,3-5,8,10H2,1-2H3,(H2,17,18). The van der Waals surface area contributed by atoms with Gasteiger partial charge in [0.1, 0.15) is 0 Å². The molecular formula is C15H23BrN4O. The van der Waals surface area contributed by atoms with Gasteiger partial charge in [-0.3, -0.25) is 4.90 Å². The first-order valence-corrected chi connectivity index (χ1v) is 8.08. The Morgan fingerprint density at radius 1 is 1.57 bits per heavy atom. The fraction of sp³-hybridized carbons (Fsp3) is 0.533. The molecule has 0 saturated carbocycles. The van der Waals surface area contributed by atoms with E-state index in [1.54, 1.807) is 0 Å². The van der Waals surface area contributed by atoms with Gasteiger partial charge in [-0.05, 0) is 60.1 Å². The lowest BCUT2D eigenvalue weighted by molar-refractivity contribution is 0.270. The molecule has 1 fully saturated rings. The maximum absolute atomic E-state index is 8.76. The molecule has 1 aromatic carbocycles. The third-order valence-electron chi connectivity index (χ3n) is 4.17. The van der Waals surface area contributed by atoms with Gasteiger partial charge in [0, 0.05) is 35.4 Å². The van der Waals surface area contributed by atoms with E-state index in [-0.39, 0.29) is 5.84 Å². The SMILES string of the molecule is CCN1CCCC1CN(C)c1ccc(/C(N)=N/O)c(Br)c1. The molecule has 116 valence electrons. The van der Waals surface area contributed by atoms with Crippen LogP contribution in [-0.4, -0.2) is 48.7 Å². The Morgan fingerprint density at radius 2 is 2.33 bits per heavy atom. The minimum Gasteiger partial charge on any atom is -0.409 e. The maximum Gasteiger partial charge on any atom is 0.171 e. The van der Waals surface area contributed by atoms with Crippen molar-refractivity contribution in [1.82, 2.24) is 4.90 Å². The Balaban J connectivity index is 2.09. The van der Waals surface area contributed by atoms with Crippen LogP contribution in [0.1, 0.15) is 25.3 Å². The molecule has 1 aliphatic rings. The predicted octanol–water partition coefficient (Wildman–Crippen LogP) is 2.46. The smallest absolute Gasteiger partial charge is 0.171 e. The summed E-state index contributed by atoms with van der Waals surface area (Å²) in [5.74, 6) is 0.115. The summed E-state index contributed by atoms with van der Waals surface area (Å²) in [4.78, 5) is 4.80. The number of anilines is 1. The number of likely N-dealkylation sites (N-methyl/N-ethyl adjacent to an activating group) is 2. The van der Waals surface area contributed by atoms with Crippen molar-refractivity contribution < 1.29 is 5.21 Å². The second-order valence-corrected chi connectivity index (χ2v) is 6.31. The summed E-state index contributed by atoms with van der Waals surface area (Å²) in [6, 6.07) is 6.52. The van der Waals surface area contributed by atoms with Crippen molar-refractivity contribution in [2.45, 2.75) is 25.8 Å². The second-order valence-electron chi connectivity index (χ2n) is 5.45. The highest BCUT2D eigenvalue weighted by Crippen LogP contribution is 2.25. The third-order valence-corrected chi connectivity index (χ3v) is 4.82. The van der Waals surface area contributed by atoms with Gasteiger partial charge in [-0.2, -0.15) is 0 Å². The molecule has 0 amide bonds. The molecule has 1 saturated heterocycles. The van der Waals surface area contributed by atoms with Gasteiger partial charge < -0.3 is 15.8 Å². The number of hydrogen-bond acceptors (Lipinski definition) is 4. The van der Waals surface area contributed by atoms with Crippen LogP contribution in [0.4, 0.5) is 5.69 Å². The van der Waals surface area contributed by atoms with Crippen LogP contribution in [0.15, 0.2) is 27.8 Å². The van der Waals surface area contributed by atoms with Gasteiger partial charge in [-0.1, -0.05) is 12.1 Å². The number of oxime groups is 1. The summed E-state index contributed by atoms with van der Waals surface area (Å²) in [6.45, 7) is 5.57. The first kappa shape index (κ1) is 16.1. The first-order valence-electron chi connectivity index (χ1n) is 7.29. The molecule has 0 aromatic heterocycles. The van der Waals surface area contributed by atoms with Crippen molar-refractivity contribution in [2.24, 2.45) is 10.9 Å². The largest absolute Gasteiger partial charge is 0.409 e. The van der Waals surface area contributed by atoms with Crippen molar-refractivity contribution in [3.05, 3.63) is 28.2 Å². The van der Waals surface area contributed by atoms with Gasteiger partial charge in [-0.25, -0.2) is 0 Å². The van der Waals surface area contributed by atoms with Gasteiger partial charge >= 0.3 is 0 Å². The second kappa shape index (κ2) is 7.13. The van der Waals surface area contributed by atoms with E-state index in [4.69, 9.17) is 10.9 Å². The number of likely N-dealkylation sites (tertiary alicyclic amines) is 1. The fourth-order valence-corrected chi connectivity index (χ4v) is 3.51. The van der Waals surface area contributed by atoms with E-state index in [9.17, 15) is 0 Å². The number of amidine groups is 1. The van der Waals surface area contributed by atoms with Gasteiger partial charge in [0.05, 0.1) is 0 Å². The minimum absolute atomic E-state index is 0.115. The van der Waals surface area contributed by atoms with Crippen molar-refractivity contribution in [2.75, 3.05) is 31.6 Å². The number of benzene rings is 1. The highest BCUT2D eigenvalue weighted by molar-refractivity contribution is 9.10. The lowest BCUT2D eigenvalue weighted by atomic mass is 10.1. The van der Waals surface area contributed by atoms with Gasteiger partial charge in [-0.15, -0.1) is 0 Å². The molecule has 1 unspecified atom stereocenters. The van der Waals surface area contributed by atoms with E-state index in [1.807, 2.05) is 18.2 Å². The Morgan fingerprint density at radius 3 is 2.95 bits per heavy atom. The molecule has 0 bridgehead atoms. The average Bonchev–Trinajstić information content (AvgIpc) is 2.93. The molecule has 1 aliphatic heterocycles. The summed E-state index contributed by atoms with van der Waals surface area (Å²) < 4.78 is 0.834. The van der Waals surface area contributed by atoms with Crippen molar-refractivity contribution in [3.63, 3.8) is 0 Å². The van der Waals surface area contributed by atoms with Crippen LogP contribution in [0.5, 0.6) is 0 Å². The van der Waals surface area contributed by atoms with Crippen molar-refractivity contribution in [1.29, 1.82) is 0 Å². The summed E-state index contributed by atoms with van der Waals surface area (Å²) in [5.41, 5.74) is 7.46. The lowest BCUT2D eigenvalue weighted by Crippen LogP contribution is -2.38. The van der Waals surface area contributed by atoms with E-state index in [0.29, 0.717) is 11.6 Å². The Kier molecular flexibility index (Phi) is 5.47. The van der Waals surface area contributed by atoms with Crippen LogP contribution in [0.2, 0.25) is 0 Å². The molecule has 6 heteroatoms. The zero-order chi connectivity index (χ0) is 15.4. The highest BCUT2D eigenvalue weighted by atomic mass is 79.9. The zero-order valence-corrected chi connectivity index (χ0v) is 14.2. The number of rotatable bonds is 5. The number of hydrogen-bond donors (Lipinski definition) is 2. The topological polar surface area (TPSA) is 65.1 Å². The summed E-state index contributed by atoms with van der Waals surface area (Å²) >= 11 is 3.49. The number of nitrogens with two attached hydrogens (primary N) is 1. The van der Waals surface area contributed by atoms with E-state index in [0.717, 1.165) is 23.2 Å². The molecule has 1 atom stereocenters. The Bertz CT molecular complexity index is 520. The van der Waals surface area contributed by atoms with Crippen LogP contribution in [0.25, 0.3) is 0 Å². The van der Waals surface area contributed by atoms with Gasteiger partial charge in [0.15, 0.2) is 5.84 Å². The normalized spacial score (nSPS) is 20.0. The molecule has 1 heterocycles. The van der Waals surface area contributed by atoms with E-state index in [2.05, 4.69) is 44.9 Å². The zero-order valence-electron chi connectivity index (χ0n) is 12.6. The quantitative estimate of drug-likeness (QED) is 0.369. The predicted molar refractivity (Wildman–Crippen MR) is 90.2 cm³/mol. The molecule has 0 radical (unpaired) electrons. The van der Waals surface area contributed by atoms with Gasteiger partial charge in [0.2, 0.25) is 0 Å². The van der Waals surface area contributed by atoms with Crippen LogP contribution in [-0.2, 0) is 0 Å². The number of nitrogens with zero attached hydrogens (tertiary/aromatic N) is 3. The molecule has 0 spiro atoms. The lowest BCUT2D eigenvalue weighted by Gasteiger charge is -2.29. The van der Waals surface area contributed by atoms with E-state index in [1.165, 1.54) is 19.4 Å². The van der Waals surface area contributed by atoms with Crippen LogP contribution >= 0.6 is 15.9 Å². The van der Waals surface area contributed by atoms with Crippen LogP contribution in [0.3, 0.4) is 0 Å². The third kappa shape index (κ3) is 3.68. The fourth-order valence-electron chi connectivity index (χ4n) is 2.94. The highest BCUT2D eigenvalue weighted by Gasteiger charge is 2.24. The Hall–Kier alpha value is -1.27. The minimum atomic E-state index is 0.115. The number of halogens is 1. The Labute approximate surface area is 134 Å². The van der Waals surface area contributed by atoms with Crippen LogP contribution in [0, 0.1) is 0 Å². The molecule has 2 rings (SSSR count). The molecule has 3 N–H and O–H groups in total.